The predicted molar refractivity (Wildman–Crippen MR) is 72.7 cm³/mol. The zero-order valence-electron chi connectivity index (χ0n) is 10.7. The van der Waals surface area contributed by atoms with Crippen LogP contribution in [-0.4, -0.2) is 22.6 Å². The number of ether oxygens (including phenoxy) is 1. The highest BCUT2D eigenvalue weighted by Crippen LogP contribution is 2.24. The lowest BCUT2D eigenvalue weighted by Gasteiger charge is -2.01. The molecule has 0 radical (unpaired) electrons. The van der Waals surface area contributed by atoms with Crippen molar-refractivity contribution in [2.24, 2.45) is 0 Å². The maximum Gasteiger partial charge on any atom is 0.247 e. The Balaban J connectivity index is 2.13. The molecule has 5 heteroatoms. The molecule has 18 heavy (non-hydrogen) atoms. The van der Waals surface area contributed by atoms with Crippen LogP contribution in [0.5, 0.6) is 5.75 Å². The van der Waals surface area contributed by atoms with E-state index in [0.29, 0.717) is 17.0 Å². The maximum atomic E-state index is 5.62. The van der Waals surface area contributed by atoms with Crippen LogP contribution in [0.15, 0.2) is 28.7 Å². The molecule has 0 spiro atoms. The van der Waals surface area contributed by atoms with Crippen LogP contribution in [0.1, 0.15) is 19.7 Å². The molecule has 0 aliphatic rings. The van der Waals surface area contributed by atoms with Crippen molar-refractivity contribution in [3.8, 4) is 17.2 Å². The van der Waals surface area contributed by atoms with Gasteiger partial charge in [-0.3, -0.25) is 0 Å². The fourth-order valence-corrected chi connectivity index (χ4v) is 2.02. The monoisotopic (exact) mass is 264 g/mol. The Hall–Kier alpha value is -1.49. The van der Waals surface area contributed by atoms with Crippen LogP contribution >= 0.6 is 11.8 Å². The molecule has 0 aliphatic carbocycles. The van der Waals surface area contributed by atoms with E-state index in [4.69, 9.17) is 9.15 Å². The molecule has 1 aromatic heterocycles. The molecule has 0 atom stereocenters. The van der Waals surface area contributed by atoms with E-state index in [0.717, 1.165) is 17.1 Å². The molecule has 0 amide bonds. The normalized spacial score (nSPS) is 10.9. The Kier molecular flexibility index (Phi) is 4.25. The van der Waals surface area contributed by atoms with Crippen molar-refractivity contribution in [3.05, 3.63) is 30.2 Å². The highest BCUT2D eigenvalue weighted by atomic mass is 32.2. The van der Waals surface area contributed by atoms with Gasteiger partial charge in [0, 0.05) is 5.56 Å². The molecule has 0 aliphatic heterocycles. The lowest BCUT2D eigenvalue weighted by molar-refractivity contribution is 0.414. The van der Waals surface area contributed by atoms with Crippen molar-refractivity contribution in [1.29, 1.82) is 0 Å². The Bertz CT molecular complexity index is 511. The predicted octanol–water partition coefficient (Wildman–Crippen LogP) is 3.39. The average Bonchev–Trinajstić information content (AvgIpc) is 2.85. The van der Waals surface area contributed by atoms with Crippen molar-refractivity contribution in [3.63, 3.8) is 0 Å². The zero-order valence-corrected chi connectivity index (χ0v) is 11.5. The van der Waals surface area contributed by atoms with Gasteiger partial charge in [-0.05, 0) is 23.4 Å². The van der Waals surface area contributed by atoms with E-state index in [1.165, 1.54) is 0 Å². The fraction of sp³-hybridized carbons (Fsp3) is 0.385. The van der Waals surface area contributed by atoms with E-state index >= 15 is 0 Å². The molecule has 0 bridgehead atoms. The van der Waals surface area contributed by atoms with Crippen molar-refractivity contribution < 1.29 is 9.15 Å². The number of nitrogens with zero attached hydrogens (tertiary/aromatic N) is 2. The molecule has 0 N–H and O–H groups in total. The van der Waals surface area contributed by atoms with Gasteiger partial charge in [-0.25, -0.2) is 0 Å². The number of aromatic nitrogens is 2. The standard InChI is InChI=1S/C13H16N2O2S/c1-9(2)18-8-12-14-15-13(17-12)10-5-4-6-11(7-10)16-3/h4-7,9H,8H2,1-3H3. The summed E-state index contributed by atoms with van der Waals surface area (Å²) in [5.41, 5.74) is 0.877. The van der Waals surface area contributed by atoms with Crippen LogP contribution in [0.4, 0.5) is 0 Å². The number of rotatable bonds is 5. The molecule has 0 unspecified atom stereocenters. The summed E-state index contributed by atoms with van der Waals surface area (Å²) in [5, 5.41) is 8.65. The first-order valence-corrected chi connectivity index (χ1v) is 6.82. The highest BCUT2D eigenvalue weighted by molar-refractivity contribution is 7.99. The van der Waals surface area contributed by atoms with Gasteiger partial charge in [0.1, 0.15) is 5.75 Å². The first kappa shape index (κ1) is 13.0. The van der Waals surface area contributed by atoms with Crippen LogP contribution in [0.2, 0.25) is 0 Å². The van der Waals surface area contributed by atoms with Gasteiger partial charge in [-0.15, -0.1) is 22.0 Å². The third-order valence-corrected chi connectivity index (χ3v) is 3.40. The van der Waals surface area contributed by atoms with Gasteiger partial charge in [0.05, 0.1) is 12.9 Å². The first-order chi connectivity index (χ1) is 8.69. The van der Waals surface area contributed by atoms with Gasteiger partial charge in [0.15, 0.2) is 0 Å². The summed E-state index contributed by atoms with van der Waals surface area (Å²) in [5.74, 6) is 2.72. The Labute approximate surface area is 111 Å². The van der Waals surface area contributed by atoms with E-state index in [1.54, 1.807) is 18.9 Å². The second kappa shape index (κ2) is 5.91. The number of hydrogen-bond donors (Lipinski definition) is 0. The molecular formula is C13H16N2O2S. The quantitative estimate of drug-likeness (QED) is 0.828. The highest BCUT2D eigenvalue weighted by Gasteiger charge is 2.09. The van der Waals surface area contributed by atoms with Crippen molar-refractivity contribution in [2.45, 2.75) is 24.9 Å². The largest absolute Gasteiger partial charge is 0.497 e. The number of methoxy groups -OCH3 is 1. The molecule has 2 rings (SSSR count). The lowest BCUT2D eigenvalue weighted by Crippen LogP contribution is -1.88. The summed E-state index contributed by atoms with van der Waals surface area (Å²) in [7, 11) is 1.64. The van der Waals surface area contributed by atoms with Crippen LogP contribution in [0, 0.1) is 0 Å². The van der Waals surface area contributed by atoms with Crippen LogP contribution in [-0.2, 0) is 5.75 Å². The number of hydrogen-bond acceptors (Lipinski definition) is 5. The maximum absolute atomic E-state index is 5.62. The van der Waals surface area contributed by atoms with Crippen LogP contribution < -0.4 is 4.74 Å². The summed E-state index contributed by atoms with van der Waals surface area (Å²) in [6.45, 7) is 4.29. The summed E-state index contributed by atoms with van der Waals surface area (Å²) in [6, 6.07) is 7.60. The minimum atomic E-state index is 0.535. The minimum absolute atomic E-state index is 0.535. The summed E-state index contributed by atoms with van der Waals surface area (Å²) < 4.78 is 10.8. The van der Waals surface area contributed by atoms with Crippen molar-refractivity contribution >= 4 is 11.8 Å². The van der Waals surface area contributed by atoms with Gasteiger partial charge in [0.2, 0.25) is 11.8 Å². The average molecular weight is 264 g/mol. The molecule has 0 saturated heterocycles. The van der Waals surface area contributed by atoms with Gasteiger partial charge in [-0.1, -0.05) is 19.9 Å². The van der Waals surface area contributed by atoms with Crippen LogP contribution in [0.3, 0.4) is 0 Å². The van der Waals surface area contributed by atoms with E-state index < -0.39 is 0 Å². The van der Waals surface area contributed by atoms with Gasteiger partial charge >= 0.3 is 0 Å². The second-order valence-corrected chi connectivity index (χ2v) is 5.66. The third-order valence-electron chi connectivity index (χ3n) is 2.32. The Morgan fingerprint density at radius 3 is 2.89 bits per heavy atom. The van der Waals surface area contributed by atoms with Gasteiger partial charge < -0.3 is 9.15 Å². The molecule has 1 heterocycles. The molecule has 96 valence electrons. The fourth-order valence-electron chi connectivity index (χ4n) is 1.42. The van der Waals surface area contributed by atoms with E-state index in [1.807, 2.05) is 24.3 Å². The van der Waals surface area contributed by atoms with E-state index in [-0.39, 0.29) is 0 Å². The SMILES string of the molecule is COc1cccc(-c2nnc(CSC(C)C)o2)c1. The van der Waals surface area contributed by atoms with Crippen molar-refractivity contribution in [1.82, 2.24) is 10.2 Å². The zero-order chi connectivity index (χ0) is 13.0. The molecular weight excluding hydrogens is 248 g/mol. The molecule has 4 nitrogen and oxygen atoms in total. The summed E-state index contributed by atoms with van der Waals surface area (Å²) >= 11 is 1.78. The lowest BCUT2D eigenvalue weighted by atomic mass is 10.2. The van der Waals surface area contributed by atoms with Crippen LogP contribution in [0.25, 0.3) is 11.5 Å². The molecule has 0 fully saturated rings. The second-order valence-electron chi connectivity index (χ2n) is 4.09. The smallest absolute Gasteiger partial charge is 0.247 e. The third kappa shape index (κ3) is 3.26. The summed E-state index contributed by atoms with van der Waals surface area (Å²) in [6.07, 6.45) is 0. The molecule has 2 aromatic rings. The minimum Gasteiger partial charge on any atom is -0.497 e. The van der Waals surface area contributed by atoms with E-state index in [9.17, 15) is 0 Å². The topological polar surface area (TPSA) is 48.2 Å². The van der Waals surface area contributed by atoms with E-state index in [2.05, 4.69) is 24.0 Å². The Morgan fingerprint density at radius 2 is 2.17 bits per heavy atom. The summed E-state index contributed by atoms with van der Waals surface area (Å²) in [4.78, 5) is 0. The first-order valence-electron chi connectivity index (χ1n) is 5.77. The number of benzene rings is 1. The molecule has 1 aromatic carbocycles. The Morgan fingerprint density at radius 1 is 1.33 bits per heavy atom. The van der Waals surface area contributed by atoms with Crippen molar-refractivity contribution in [2.75, 3.05) is 7.11 Å². The number of thioether (sulfide) groups is 1. The van der Waals surface area contributed by atoms with Gasteiger partial charge in [0.25, 0.3) is 0 Å². The molecule has 0 saturated carbocycles. The van der Waals surface area contributed by atoms with Gasteiger partial charge in [-0.2, -0.15) is 0 Å².